The molecular formula is C17H16N2O6. The van der Waals surface area contributed by atoms with Crippen LogP contribution in [0.3, 0.4) is 0 Å². The second kappa shape index (κ2) is 6.39. The number of ketones is 1. The fourth-order valence-corrected chi connectivity index (χ4v) is 3.27. The first-order valence-corrected chi connectivity index (χ1v) is 7.71. The third-order valence-electron chi connectivity index (χ3n) is 4.33. The number of esters is 1. The second-order valence-electron chi connectivity index (χ2n) is 5.73. The minimum absolute atomic E-state index is 0.0919. The van der Waals surface area contributed by atoms with E-state index in [1.54, 1.807) is 6.07 Å². The lowest BCUT2D eigenvalue weighted by molar-refractivity contribution is -0.385. The summed E-state index contributed by atoms with van der Waals surface area (Å²) in [7, 11) is 1.17. The monoisotopic (exact) mass is 344 g/mol. The predicted molar refractivity (Wildman–Crippen MR) is 86.0 cm³/mol. The van der Waals surface area contributed by atoms with E-state index in [1.807, 2.05) is 0 Å². The minimum atomic E-state index is -0.981. The molecule has 2 aliphatic rings. The number of hydrogen-bond acceptors (Lipinski definition) is 7. The fourth-order valence-electron chi connectivity index (χ4n) is 3.27. The first kappa shape index (κ1) is 16.7. The number of hydrogen-bond donors (Lipinski definition) is 1. The Kier molecular flexibility index (Phi) is 4.26. The van der Waals surface area contributed by atoms with Crippen LogP contribution in [-0.4, -0.2) is 23.8 Å². The summed E-state index contributed by atoms with van der Waals surface area (Å²) in [5.74, 6) is -1.80. The van der Waals surface area contributed by atoms with Crippen LogP contribution < -0.4 is 5.73 Å². The van der Waals surface area contributed by atoms with Gasteiger partial charge in [-0.1, -0.05) is 18.2 Å². The van der Waals surface area contributed by atoms with Gasteiger partial charge in [0.1, 0.15) is 11.3 Å². The Balaban J connectivity index is 2.28. The molecule has 2 N–H and O–H groups in total. The Hall–Kier alpha value is -3.16. The SMILES string of the molecule is COC(=O)C1=C(N)OC2=C(C(=O)CCC2)[C@@H]1c1ccccc1[N+](=O)[O-]. The standard InChI is InChI=1S/C17H16N2O6/c1-24-17(21)15-13(9-5-2-3-6-10(9)19(22)23)14-11(20)7-4-8-12(14)25-16(15)18/h2-3,5-6,13H,4,7-8,18H2,1H3/t13-/m0/s1. The van der Waals surface area contributed by atoms with Crippen LogP contribution in [0.15, 0.2) is 47.1 Å². The number of para-hydroxylation sites is 1. The Morgan fingerprint density at radius 2 is 2.08 bits per heavy atom. The number of carbonyl (C=O) groups is 2. The molecule has 130 valence electrons. The lowest BCUT2D eigenvalue weighted by atomic mass is 9.76. The van der Waals surface area contributed by atoms with Gasteiger partial charge >= 0.3 is 5.97 Å². The van der Waals surface area contributed by atoms with Crippen molar-refractivity contribution in [2.75, 3.05) is 7.11 Å². The highest BCUT2D eigenvalue weighted by molar-refractivity contribution is 6.03. The number of rotatable bonds is 3. The van der Waals surface area contributed by atoms with Gasteiger partial charge in [0.15, 0.2) is 5.78 Å². The van der Waals surface area contributed by atoms with E-state index >= 15 is 0 Å². The summed E-state index contributed by atoms with van der Waals surface area (Å²) in [5.41, 5.74) is 6.07. The van der Waals surface area contributed by atoms with Crippen LogP contribution >= 0.6 is 0 Å². The summed E-state index contributed by atoms with van der Waals surface area (Å²) in [6, 6.07) is 5.96. The van der Waals surface area contributed by atoms with E-state index in [9.17, 15) is 19.7 Å². The van der Waals surface area contributed by atoms with Crippen LogP contribution in [0.2, 0.25) is 0 Å². The first-order valence-electron chi connectivity index (χ1n) is 7.71. The zero-order valence-electron chi connectivity index (χ0n) is 13.5. The molecule has 0 aromatic heterocycles. The van der Waals surface area contributed by atoms with Crippen molar-refractivity contribution in [3.8, 4) is 0 Å². The molecule has 1 aromatic carbocycles. The van der Waals surface area contributed by atoms with E-state index in [0.29, 0.717) is 18.6 Å². The average Bonchev–Trinajstić information content (AvgIpc) is 2.60. The number of benzene rings is 1. The Labute approximate surface area is 143 Å². The maximum Gasteiger partial charge on any atom is 0.340 e. The lowest BCUT2D eigenvalue weighted by Gasteiger charge is -2.32. The number of nitrogens with zero attached hydrogens (tertiary/aromatic N) is 1. The Morgan fingerprint density at radius 1 is 1.36 bits per heavy atom. The van der Waals surface area contributed by atoms with Crippen LogP contribution in [0, 0.1) is 10.1 Å². The summed E-state index contributed by atoms with van der Waals surface area (Å²) in [6.07, 6.45) is 1.36. The van der Waals surface area contributed by atoms with E-state index in [4.69, 9.17) is 15.2 Å². The van der Waals surface area contributed by atoms with Gasteiger partial charge in [0.25, 0.3) is 5.69 Å². The molecule has 0 saturated heterocycles. The fraction of sp³-hybridized carbons (Fsp3) is 0.294. The number of carbonyl (C=O) groups excluding carboxylic acids is 2. The molecule has 8 nitrogen and oxygen atoms in total. The van der Waals surface area contributed by atoms with Gasteiger partial charge in [0.2, 0.25) is 5.88 Å². The smallest absolute Gasteiger partial charge is 0.340 e. The maximum atomic E-state index is 12.5. The van der Waals surface area contributed by atoms with Crippen LogP contribution in [0.5, 0.6) is 0 Å². The second-order valence-corrected chi connectivity index (χ2v) is 5.73. The quantitative estimate of drug-likeness (QED) is 0.506. The highest BCUT2D eigenvalue weighted by Crippen LogP contribution is 2.46. The number of nitro benzene ring substituents is 1. The average molecular weight is 344 g/mol. The normalized spacial score (nSPS) is 20.0. The van der Waals surface area contributed by atoms with Gasteiger partial charge in [-0.3, -0.25) is 14.9 Å². The molecule has 1 aliphatic heterocycles. The van der Waals surface area contributed by atoms with E-state index in [1.165, 1.54) is 25.3 Å². The van der Waals surface area contributed by atoms with E-state index in [0.717, 1.165) is 0 Å². The summed E-state index contributed by atoms with van der Waals surface area (Å²) >= 11 is 0. The van der Waals surface area contributed by atoms with Gasteiger partial charge in [0.05, 0.1) is 18.0 Å². The van der Waals surface area contributed by atoms with Gasteiger partial charge in [-0.25, -0.2) is 4.79 Å². The number of ether oxygens (including phenoxy) is 2. The molecule has 1 aliphatic carbocycles. The molecule has 1 atom stereocenters. The van der Waals surface area contributed by atoms with Crippen molar-refractivity contribution in [3.05, 3.63) is 62.7 Å². The first-order chi connectivity index (χ1) is 12.0. The Morgan fingerprint density at radius 3 is 2.76 bits per heavy atom. The highest BCUT2D eigenvalue weighted by atomic mass is 16.6. The number of methoxy groups -OCH3 is 1. The largest absolute Gasteiger partial charge is 0.465 e. The summed E-state index contributed by atoms with van der Waals surface area (Å²) in [4.78, 5) is 35.7. The van der Waals surface area contributed by atoms with Gasteiger partial charge in [-0.15, -0.1) is 0 Å². The molecule has 1 heterocycles. The van der Waals surface area contributed by atoms with Crippen LogP contribution in [0.1, 0.15) is 30.7 Å². The molecular weight excluding hydrogens is 328 g/mol. The zero-order valence-corrected chi connectivity index (χ0v) is 13.5. The van der Waals surface area contributed by atoms with Crippen LogP contribution in [0.25, 0.3) is 0 Å². The van der Waals surface area contributed by atoms with Crippen molar-refractivity contribution < 1.29 is 24.0 Å². The number of Topliss-reactive ketones (excluding diaryl/α,β-unsaturated/α-hetero) is 1. The van der Waals surface area contributed by atoms with Crippen molar-refractivity contribution in [2.24, 2.45) is 5.73 Å². The van der Waals surface area contributed by atoms with Gasteiger partial charge in [0, 0.05) is 30.0 Å². The molecule has 0 bridgehead atoms. The number of nitro groups is 1. The van der Waals surface area contributed by atoms with E-state index in [-0.39, 0.29) is 40.5 Å². The maximum absolute atomic E-state index is 12.5. The van der Waals surface area contributed by atoms with Crippen molar-refractivity contribution in [2.45, 2.75) is 25.2 Å². The predicted octanol–water partition coefficient (Wildman–Crippen LogP) is 2.06. The topological polar surface area (TPSA) is 122 Å². The summed E-state index contributed by atoms with van der Waals surface area (Å²) < 4.78 is 10.3. The molecule has 0 amide bonds. The van der Waals surface area contributed by atoms with Crippen molar-refractivity contribution >= 4 is 17.4 Å². The minimum Gasteiger partial charge on any atom is -0.465 e. The van der Waals surface area contributed by atoms with Crippen molar-refractivity contribution in [1.29, 1.82) is 0 Å². The number of allylic oxidation sites excluding steroid dienone is 2. The summed E-state index contributed by atoms with van der Waals surface area (Å²) in [6.45, 7) is 0. The Bertz CT molecular complexity index is 839. The molecule has 8 heteroatoms. The highest BCUT2D eigenvalue weighted by Gasteiger charge is 2.43. The molecule has 0 saturated carbocycles. The van der Waals surface area contributed by atoms with Gasteiger partial charge in [-0.2, -0.15) is 0 Å². The van der Waals surface area contributed by atoms with Crippen LogP contribution in [-0.2, 0) is 19.1 Å². The molecule has 0 radical (unpaired) electrons. The molecule has 3 rings (SSSR count). The third kappa shape index (κ3) is 2.75. The van der Waals surface area contributed by atoms with E-state index in [2.05, 4.69) is 0 Å². The molecule has 25 heavy (non-hydrogen) atoms. The third-order valence-corrected chi connectivity index (χ3v) is 4.33. The van der Waals surface area contributed by atoms with Crippen molar-refractivity contribution in [3.63, 3.8) is 0 Å². The van der Waals surface area contributed by atoms with Crippen molar-refractivity contribution in [1.82, 2.24) is 0 Å². The summed E-state index contributed by atoms with van der Waals surface area (Å²) in [5, 5.41) is 11.4. The number of nitrogens with two attached hydrogens (primary N) is 1. The molecule has 0 unspecified atom stereocenters. The lowest BCUT2D eigenvalue weighted by Crippen LogP contribution is -2.31. The molecule has 0 spiro atoms. The molecule has 0 fully saturated rings. The van der Waals surface area contributed by atoms with Gasteiger partial charge < -0.3 is 15.2 Å². The van der Waals surface area contributed by atoms with Crippen LogP contribution in [0.4, 0.5) is 5.69 Å². The van der Waals surface area contributed by atoms with Gasteiger partial charge in [-0.05, 0) is 6.42 Å². The molecule has 1 aromatic rings. The zero-order chi connectivity index (χ0) is 18.1. The van der Waals surface area contributed by atoms with E-state index < -0.39 is 16.8 Å².